The van der Waals surface area contributed by atoms with E-state index in [-0.39, 0.29) is 35.3 Å². The molecule has 0 radical (unpaired) electrons. The number of hydrogen-bond acceptors (Lipinski definition) is 6. The predicted octanol–water partition coefficient (Wildman–Crippen LogP) is 6.95. The summed E-state index contributed by atoms with van der Waals surface area (Å²) < 4.78 is 7.54. The van der Waals surface area contributed by atoms with E-state index in [1.165, 1.54) is 30.4 Å². The molecule has 4 saturated carbocycles. The molecule has 5 fully saturated rings. The minimum absolute atomic E-state index is 0.0280. The number of aryl methyl sites for hydroxylation is 1. The Bertz CT molecular complexity index is 1540. The van der Waals surface area contributed by atoms with Crippen LogP contribution in [0, 0.1) is 24.2 Å². The Morgan fingerprint density at radius 3 is 2.36 bits per heavy atom. The van der Waals surface area contributed by atoms with Gasteiger partial charge < -0.3 is 9.84 Å². The molecule has 5 aliphatic rings. The van der Waals surface area contributed by atoms with Gasteiger partial charge in [-0.2, -0.15) is 5.10 Å². The van der Waals surface area contributed by atoms with Gasteiger partial charge in [0, 0.05) is 68.1 Å². The molecule has 1 aromatic carbocycles. The number of aromatic nitrogens is 3. The number of fused-ring (bicyclic) bond motifs is 3. The number of anilines is 1. The van der Waals surface area contributed by atoms with Crippen LogP contribution in [0.15, 0.2) is 48.9 Å². The van der Waals surface area contributed by atoms with Gasteiger partial charge in [-0.15, -0.1) is 0 Å². The van der Waals surface area contributed by atoms with Crippen LogP contribution in [0.25, 0.3) is 11.1 Å². The van der Waals surface area contributed by atoms with Crippen molar-refractivity contribution in [2.45, 2.75) is 102 Å². The average Bonchev–Trinajstić information content (AvgIpc) is 3.59. The molecule has 8 nitrogen and oxygen atoms in total. The van der Waals surface area contributed by atoms with E-state index < -0.39 is 0 Å². The van der Waals surface area contributed by atoms with Gasteiger partial charge in [0.05, 0.1) is 13.3 Å². The number of carbonyl (C=O) groups excluding carboxylic acids is 1. The van der Waals surface area contributed by atoms with Gasteiger partial charge in [-0.1, -0.05) is 12.1 Å². The normalized spacial score (nSPS) is 28.0. The van der Waals surface area contributed by atoms with Crippen LogP contribution < -0.4 is 9.64 Å². The lowest BCUT2D eigenvalue weighted by Gasteiger charge is -2.55. The maximum atomic E-state index is 14.6. The van der Waals surface area contributed by atoms with Crippen LogP contribution in [-0.4, -0.2) is 70.1 Å². The molecular weight excluding hydrogens is 586 g/mol. The molecule has 8 rings (SSSR count). The topological polar surface area (TPSA) is 83.7 Å². The third kappa shape index (κ3) is 6.24. The maximum absolute atomic E-state index is 14.6. The minimum atomic E-state index is 0.0280. The summed E-state index contributed by atoms with van der Waals surface area (Å²) in [6, 6.07) is 11.8. The van der Waals surface area contributed by atoms with Gasteiger partial charge in [0.15, 0.2) is 0 Å². The molecule has 1 saturated heterocycles. The van der Waals surface area contributed by atoms with Crippen molar-refractivity contribution in [1.82, 2.24) is 19.7 Å². The van der Waals surface area contributed by atoms with Crippen LogP contribution >= 0.6 is 0 Å². The molecule has 0 spiro atoms. The molecule has 1 N–H and O–H groups in total. The number of amides is 1. The van der Waals surface area contributed by atoms with Gasteiger partial charge in [0.25, 0.3) is 0 Å². The molecule has 0 unspecified atom stereocenters. The number of rotatable bonds is 10. The Kier molecular flexibility index (Phi) is 8.94. The number of hydrogen-bond donors (Lipinski definition) is 1. The van der Waals surface area contributed by atoms with Crippen LogP contribution in [-0.2, 0) is 10.2 Å². The van der Waals surface area contributed by atoms with Gasteiger partial charge in [-0.25, -0.2) is 4.98 Å². The number of pyridine rings is 1. The van der Waals surface area contributed by atoms with E-state index in [9.17, 15) is 9.90 Å². The van der Waals surface area contributed by atoms with Crippen molar-refractivity contribution in [3.05, 3.63) is 60.0 Å². The lowest BCUT2D eigenvalue weighted by Crippen LogP contribution is -2.55. The Balaban J connectivity index is 1.12. The third-order valence-electron chi connectivity index (χ3n) is 12.5. The van der Waals surface area contributed by atoms with E-state index in [2.05, 4.69) is 66.1 Å². The summed E-state index contributed by atoms with van der Waals surface area (Å²) >= 11 is 0. The fraction of sp³-hybridized carbons (Fsp3) is 0.615. The van der Waals surface area contributed by atoms with Crippen molar-refractivity contribution in [3.63, 3.8) is 0 Å². The van der Waals surface area contributed by atoms with Gasteiger partial charge >= 0.3 is 0 Å². The second kappa shape index (κ2) is 13.0. The van der Waals surface area contributed by atoms with Crippen molar-refractivity contribution in [2.75, 3.05) is 38.3 Å². The summed E-state index contributed by atoms with van der Waals surface area (Å²) in [5, 5.41) is 14.1. The number of likely N-dealkylation sites (tertiary alicyclic amines) is 1. The molecule has 1 amide bonds. The summed E-state index contributed by atoms with van der Waals surface area (Å²) in [4.78, 5) is 24.1. The summed E-state index contributed by atoms with van der Waals surface area (Å²) in [6.07, 6.45) is 16.7. The van der Waals surface area contributed by atoms with Crippen molar-refractivity contribution in [2.24, 2.45) is 17.3 Å². The number of carbonyl (C=O) groups is 1. The lowest BCUT2D eigenvalue weighted by molar-refractivity contribution is -0.124. The van der Waals surface area contributed by atoms with Crippen LogP contribution in [0.5, 0.6) is 5.75 Å². The van der Waals surface area contributed by atoms with Gasteiger partial charge in [0.2, 0.25) is 5.91 Å². The van der Waals surface area contributed by atoms with Gasteiger partial charge in [0.1, 0.15) is 11.6 Å². The molecule has 0 atom stereocenters. The summed E-state index contributed by atoms with van der Waals surface area (Å²) in [6.45, 7) is 9.44. The second-order valence-corrected chi connectivity index (χ2v) is 15.6. The lowest BCUT2D eigenvalue weighted by atomic mass is 9.51. The second-order valence-electron chi connectivity index (χ2n) is 15.6. The SMILES string of the molecule is COc1ccc(C23CCC(CN(C(=O)C4CCC(N5CC(CO)C5)CC4)c4cc(-c5cnn(C(C)C)c5)ccn4)(CC2)CC3)cc1C. The minimum Gasteiger partial charge on any atom is -0.496 e. The molecule has 3 aromatic rings. The van der Waals surface area contributed by atoms with Crippen LogP contribution in [0.2, 0.25) is 0 Å². The number of aliphatic hydroxyl groups is 1. The molecule has 1 aliphatic heterocycles. The van der Waals surface area contributed by atoms with E-state index in [1.54, 1.807) is 7.11 Å². The monoisotopic (exact) mass is 639 g/mol. The van der Waals surface area contributed by atoms with E-state index in [4.69, 9.17) is 9.72 Å². The Hall–Kier alpha value is -3.23. The quantitative estimate of drug-likeness (QED) is 0.259. The first-order valence-corrected chi connectivity index (χ1v) is 18.0. The molecule has 3 heterocycles. The molecule has 8 heteroatoms. The van der Waals surface area contributed by atoms with E-state index in [0.29, 0.717) is 12.0 Å². The first kappa shape index (κ1) is 32.3. The molecule has 252 valence electrons. The number of nitrogens with zero attached hydrogens (tertiary/aromatic N) is 5. The highest BCUT2D eigenvalue weighted by Gasteiger charge is 2.51. The zero-order valence-corrected chi connectivity index (χ0v) is 28.8. The Labute approximate surface area is 280 Å². The van der Waals surface area contributed by atoms with Crippen LogP contribution in [0.3, 0.4) is 0 Å². The highest BCUT2D eigenvalue weighted by atomic mass is 16.5. The zero-order valence-electron chi connectivity index (χ0n) is 28.8. The maximum Gasteiger partial charge on any atom is 0.231 e. The summed E-state index contributed by atoms with van der Waals surface area (Å²) in [5.41, 5.74) is 5.12. The standard InChI is InChI=1S/C39H53N5O3/c1-27(2)44-24-32(21-41-44)31-11-18-40-36(20-31)43(37(46)30-5-8-34(9-6-30)42-22-29(23-42)25-45)26-38-12-15-39(16-13-38,17-14-38)33-7-10-35(47-4)28(3)19-33/h7,10-11,18-21,24,27,29-30,34,45H,5-6,8-9,12-17,22-23,25-26H2,1-4H3. The number of aliphatic hydroxyl groups excluding tert-OH is 1. The first-order valence-electron chi connectivity index (χ1n) is 18.0. The first-order chi connectivity index (χ1) is 22.7. The Morgan fingerprint density at radius 1 is 1.02 bits per heavy atom. The van der Waals surface area contributed by atoms with E-state index in [1.807, 2.05) is 23.1 Å². The van der Waals surface area contributed by atoms with Crippen LogP contribution in [0.1, 0.15) is 95.2 Å². The Morgan fingerprint density at radius 2 is 1.74 bits per heavy atom. The summed E-state index contributed by atoms with van der Waals surface area (Å²) in [5.74, 6) is 2.45. The predicted molar refractivity (Wildman–Crippen MR) is 186 cm³/mol. The zero-order chi connectivity index (χ0) is 32.8. The fourth-order valence-electron chi connectivity index (χ4n) is 9.20. The average molecular weight is 640 g/mol. The van der Waals surface area contributed by atoms with Gasteiger partial charge in [-0.05, 0) is 131 Å². The van der Waals surface area contributed by atoms with Crippen LogP contribution in [0.4, 0.5) is 5.82 Å². The smallest absolute Gasteiger partial charge is 0.231 e. The molecule has 4 aliphatic carbocycles. The molecule has 47 heavy (non-hydrogen) atoms. The number of benzene rings is 1. The molecule has 2 aromatic heterocycles. The highest BCUT2D eigenvalue weighted by molar-refractivity contribution is 5.95. The molecule has 2 bridgehead atoms. The largest absolute Gasteiger partial charge is 0.496 e. The third-order valence-corrected chi connectivity index (χ3v) is 12.5. The fourth-order valence-corrected chi connectivity index (χ4v) is 9.20. The van der Waals surface area contributed by atoms with Gasteiger partial charge in [-0.3, -0.25) is 19.3 Å². The van der Waals surface area contributed by atoms with Crippen molar-refractivity contribution in [1.29, 1.82) is 0 Å². The van der Waals surface area contributed by atoms with E-state index >= 15 is 0 Å². The summed E-state index contributed by atoms with van der Waals surface area (Å²) in [7, 11) is 1.75. The molecular formula is C39H53N5O3. The van der Waals surface area contributed by atoms with Crippen molar-refractivity contribution < 1.29 is 14.6 Å². The van der Waals surface area contributed by atoms with E-state index in [0.717, 1.165) is 87.3 Å². The number of methoxy groups -OCH3 is 1. The number of ether oxygens (including phenoxy) is 1. The van der Waals surface area contributed by atoms with Crippen molar-refractivity contribution >= 4 is 11.7 Å². The van der Waals surface area contributed by atoms with Crippen molar-refractivity contribution in [3.8, 4) is 16.9 Å². The highest BCUT2D eigenvalue weighted by Crippen LogP contribution is 2.58.